The van der Waals surface area contributed by atoms with Gasteiger partial charge in [0.25, 0.3) is 0 Å². The van der Waals surface area contributed by atoms with Gasteiger partial charge in [-0.15, -0.1) is 10.2 Å². The summed E-state index contributed by atoms with van der Waals surface area (Å²) in [5.41, 5.74) is 1.51. The second-order valence-corrected chi connectivity index (χ2v) is 23.1. The lowest BCUT2D eigenvalue weighted by molar-refractivity contribution is 0.154. The van der Waals surface area contributed by atoms with Gasteiger partial charge in [0.15, 0.2) is 0 Å². The Labute approximate surface area is 379 Å². The van der Waals surface area contributed by atoms with Crippen molar-refractivity contribution in [2.24, 2.45) is 0 Å². The Bertz CT molecular complexity index is 1640. The maximum Gasteiger partial charge on any atom is 0.248 e. The van der Waals surface area contributed by atoms with Crippen LogP contribution < -0.4 is 5.32 Å². The van der Waals surface area contributed by atoms with Crippen LogP contribution in [0, 0.1) is 0 Å². The molecule has 2 aromatic carbocycles. The number of rotatable bonds is 40. The Hall–Kier alpha value is -1.96. The summed E-state index contributed by atoms with van der Waals surface area (Å²) in [6, 6.07) is 16.3. The SMILES string of the molecule is CCCCCCCCCCCCCCCCCCN(CCCNCCCN(Cn1nnc2ccccc21)Cn1nnc2ccccc21)CSP(=S)(OCCCC)OCCCC. The van der Waals surface area contributed by atoms with E-state index in [2.05, 4.69) is 68.6 Å². The second-order valence-electron chi connectivity index (χ2n) is 16.8. The number of nitrogens with one attached hydrogen (secondary N) is 1. The Balaban J connectivity index is 1.18. The Morgan fingerprint density at radius 2 is 0.951 bits per heavy atom. The van der Waals surface area contributed by atoms with E-state index in [1.807, 2.05) is 45.8 Å². The molecule has 11 nitrogen and oxygen atoms in total. The van der Waals surface area contributed by atoms with Crippen molar-refractivity contribution in [1.29, 1.82) is 0 Å². The van der Waals surface area contributed by atoms with Crippen molar-refractivity contribution in [3.8, 4) is 0 Å². The van der Waals surface area contributed by atoms with Gasteiger partial charge >= 0.3 is 0 Å². The zero-order valence-corrected chi connectivity index (χ0v) is 40.9. The third-order valence-electron chi connectivity index (χ3n) is 11.4. The molecule has 61 heavy (non-hydrogen) atoms. The molecule has 344 valence electrons. The van der Waals surface area contributed by atoms with Crippen molar-refractivity contribution in [2.45, 2.75) is 175 Å². The van der Waals surface area contributed by atoms with Gasteiger partial charge in [-0.2, -0.15) is 0 Å². The number of aromatic nitrogens is 6. The molecular formula is C47H82N9O2PS2. The van der Waals surface area contributed by atoms with Gasteiger partial charge in [-0.3, -0.25) is 9.80 Å². The minimum absolute atomic E-state index is 0.623. The van der Waals surface area contributed by atoms with Crippen LogP contribution in [0.15, 0.2) is 48.5 Å². The molecule has 0 aliphatic rings. The highest BCUT2D eigenvalue weighted by Gasteiger charge is 2.22. The summed E-state index contributed by atoms with van der Waals surface area (Å²) in [4.78, 5) is 4.98. The van der Waals surface area contributed by atoms with E-state index in [1.165, 1.54) is 103 Å². The number of para-hydroxylation sites is 2. The van der Waals surface area contributed by atoms with Crippen molar-refractivity contribution in [3.63, 3.8) is 0 Å². The van der Waals surface area contributed by atoms with E-state index in [1.54, 1.807) is 11.4 Å². The van der Waals surface area contributed by atoms with E-state index in [0.29, 0.717) is 26.6 Å². The van der Waals surface area contributed by atoms with Crippen LogP contribution in [0.25, 0.3) is 22.1 Å². The number of benzene rings is 2. The molecule has 4 aromatic rings. The van der Waals surface area contributed by atoms with Crippen LogP contribution in [0.2, 0.25) is 0 Å². The molecule has 4 rings (SSSR count). The molecule has 0 spiro atoms. The standard InChI is InChI=1S/C47H82N9O2PS2/c1-4-7-10-11-12-13-14-15-16-17-18-19-20-21-22-27-36-53(43-61-59(60,57-39-8-5-2)58-40-9-6-3)37-28-34-48-35-29-38-54(41-55-46-32-25-23-30-44(46)49-51-55)42-56-47-33-26-24-31-45(47)50-52-56/h23-26,30-33,48H,4-22,27-29,34-43H2,1-3H3. The summed E-state index contributed by atoms with van der Waals surface area (Å²) < 4.78 is 16.6. The van der Waals surface area contributed by atoms with Crippen LogP contribution in [-0.2, 0) is 34.2 Å². The van der Waals surface area contributed by atoms with E-state index in [9.17, 15) is 0 Å². The third kappa shape index (κ3) is 21.5. The Kier molecular flexibility index (Phi) is 27.7. The molecule has 0 fully saturated rings. The molecule has 2 heterocycles. The van der Waals surface area contributed by atoms with E-state index >= 15 is 0 Å². The predicted molar refractivity (Wildman–Crippen MR) is 263 cm³/mol. The van der Waals surface area contributed by atoms with E-state index in [4.69, 9.17) is 20.9 Å². The quantitative estimate of drug-likeness (QED) is 0.0262. The highest BCUT2D eigenvalue weighted by Crippen LogP contribution is 2.61. The van der Waals surface area contributed by atoms with Gasteiger partial charge in [0.05, 0.1) is 43.5 Å². The molecule has 0 aliphatic carbocycles. The van der Waals surface area contributed by atoms with Crippen molar-refractivity contribution in [2.75, 3.05) is 51.8 Å². The first-order valence-electron chi connectivity index (χ1n) is 24.3. The molecular weight excluding hydrogens is 818 g/mol. The molecule has 0 bridgehead atoms. The largest absolute Gasteiger partial charge is 0.322 e. The summed E-state index contributed by atoms with van der Waals surface area (Å²) >= 11 is 7.85. The van der Waals surface area contributed by atoms with Crippen LogP contribution in [0.1, 0.15) is 162 Å². The molecule has 0 aliphatic heterocycles. The molecule has 0 radical (unpaired) electrons. The van der Waals surface area contributed by atoms with E-state index < -0.39 is 5.69 Å². The minimum Gasteiger partial charge on any atom is -0.322 e. The highest BCUT2D eigenvalue weighted by atomic mass is 32.9. The van der Waals surface area contributed by atoms with Gasteiger partial charge in [0.2, 0.25) is 5.69 Å². The smallest absolute Gasteiger partial charge is 0.248 e. The van der Waals surface area contributed by atoms with Gasteiger partial charge in [-0.25, -0.2) is 9.36 Å². The lowest BCUT2D eigenvalue weighted by atomic mass is 10.0. The highest BCUT2D eigenvalue weighted by molar-refractivity contribution is 8.67. The summed E-state index contributed by atoms with van der Waals surface area (Å²) in [7, 11) is 0. The molecule has 0 saturated carbocycles. The molecule has 0 unspecified atom stereocenters. The topological polar surface area (TPSA) is 98.4 Å². The molecule has 1 N–H and O–H groups in total. The number of nitrogens with zero attached hydrogens (tertiary/aromatic N) is 8. The van der Waals surface area contributed by atoms with Crippen molar-refractivity contribution < 1.29 is 9.05 Å². The Morgan fingerprint density at radius 1 is 0.541 bits per heavy atom. The second kappa shape index (κ2) is 32.7. The average Bonchev–Trinajstić information content (AvgIpc) is 3.88. The van der Waals surface area contributed by atoms with Gasteiger partial charge in [0, 0.05) is 13.1 Å². The maximum atomic E-state index is 6.30. The average molecular weight is 900 g/mol. The number of hydrogen-bond donors (Lipinski definition) is 1. The fraction of sp³-hybridized carbons (Fsp3) is 0.745. The summed E-state index contributed by atoms with van der Waals surface area (Å²) in [6.07, 6.45) is 28.6. The molecule has 0 saturated heterocycles. The number of unbranched alkanes of at least 4 members (excludes halogenated alkanes) is 17. The first-order valence-corrected chi connectivity index (χ1v) is 28.5. The lowest BCUT2D eigenvalue weighted by Gasteiger charge is -2.27. The van der Waals surface area contributed by atoms with Gasteiger partial charge in [-0.05, 0) is 87.8 Å². The normalized spacial score (nSPS) is 12.3. The van der Waals surface area contributed by atoms with E-state index in [0.717, 1.165) is 99.2 Å². The van der Waals surface area contributed by atoms with Crippen molar-refractivity contribution in [1.82, 2.24) is 45.1 Å². The predicted octanol–water partition coefficient (Wildman–Crippen LogP) is 12.6. The first kappa shape index (κ1) is 51.7. The fourth-order valence-electron chi connectivity index (χ4n) is 7.62. The fourth-order valence-corrected chi connectivity index (χ4v) is 11.8. The zero-order valence-electron chi connectivity index (χ0n) is 38.4. The molecule has 0 atom stereocenters. The number of hydrogen-bond acceptors (Lipinski definition) is 11. The van der Waals surface area contributed by atoms with Crippen molar-refractivity contribution >= 4 is 50.9 Å². The number of fused-ring (bicyclic) bond motifs is 2. The van der Waals surface area contributed by atoms with E-state index in [-0.39, 0.29) is 0 Å². The zero-order chi connectivity index (χ0) is 43.1. The minimum atomic E-state index is -2.37. The van der Waals surface area contributed by atoms with Crippen LogP contribution in [0.4, 0.5) is 0 Å². The molecule has 14 heteroatoms. The first-order chi connectivity index (χ1) is 30.0. The Morgan fingerprint density at radius 3 is 1.43 bits per heavy atom. The summed E-state index contributed by atoms with van der Waals surface area (Å²) in [6.45, 7) is 14.3. The monoisotopic (exact) mass is 900 g/mol. The van der Waals surface area contributed by atoms with Gasteiger partial charge in [-0.1, -0.05) is 176 Å². The van der Waals surface area contributed by atoms with Crippen LogP contribution in [-0.4, -0.2) is 91.6 Å². The molecule has 2 aromatic heterocycles. The van der Waals surface area contributed by atoms with Crippen LogP contribution in [0.5, 0.6) is 0 Å². The summed E-state index contributed by atoms with van der Waals surface area (Å²) in [5, 5.41) is 21.5. The van der Waals surface area contributed by atoms with Crippen molar-refractivity contribution in [3.05, 3.63) is 48.5 Å². The lowest BCUT2D eigenvalue weighted by Crippen LogP contribution is -2.33. The van der Waals surface area contributed by atoms with Gasteiger partial charge in [0.1, 0.15) is 11.0 Å². The van der Waals surface area contributed by atoms with Crippen LogP contribution in [0.3, 0.4) is 0 Å². The van der Waals surface area contributed by atoms with Gasteiger partial charge < -0.3 is 14.4 Å². The maximum absolute atomic E-state index is 6.30. The third-order valence-corrected chi connectivity index (χ3v) is 16.7. The summed E-state index contributed by atoms with van der Waals surface area (Å²) in [5.74, 6) is 0.872. The molecule has 0 amide bonds. The van der Waals surface area contributed by atoms with Crippen LogP contribution >= 0.6 is 17.1 Å².